The van der Waals surface area contributed by atoms with Crippen LogP contribution in [0.2, 0.25) is 0 Å². The predicted molar refractivity (Wildman–Crippen MR) is 105 cm³/mol. The highest BCUT2D eigenvalue weighted by atomic mass is 32.2. The van der Waals surface area contributed by atoms with E-state index in [0.717, 1.165) is 31.4 Å². The Morgan fingerprint density at radius 1 is 1.04 bits per heavy atom. The van der Waals surface area contributed by atoms with Crippen LogP contribution in [0.5, 0.6) is 5.75 Å². The van der Waals surface area contributed by atoms with Gasteiger partial charge in [0, 0.05) is 43.7 Å². The first kappa shape index (κ1) is 18.9. The molecule has 2 aliphatic heterocycles. The molecule has 2 bridgehead atoms. The highest BCUT2D eigenvalue weighted by Gasteiger charge is 2.43. The summed E-state index contributed by atoms with van der Waals surface area (Å²) < 4.78 is 31.0. The molecular formula is C21H24N2O4S. The Morgan fingerprint density at radius 2 is 1.68 bits per heavy atom. The predicted octanol–water partition coefficient (Wildman–Crippen LogP) is 2.85. The first-order chi connectivity index (χ1) is 13.5. The van der Waals surface area contributed by atoms with Crippen LogP contribution in [0.1, 0.15) is 32.1 Å². The van der Waals surface area contributed by atoms with E-state index in [4.69, 9.17) is 4.74 Å². The summed E-state index contributed by atoms with van der Waals surface area (Å²) in [5, 5.41) is 0. The molecule has 1 amide bonds. The lowest BCUT2D eigenvalue weighted by Gasteiger charge is -2.39. The molecule has 4 rings (SSSR count). The van der Waals surface area contributed by atoms with Crippen LogP contribution in [0.3, 0.4) is 0 Å². The molecule has 7 heteroatoms. The average Bonchev–Trinajstić information content (AvgIpc) is 2.98. The minimum atomic E-state index is -3.44. The van der Waals surface area contributed by atoms with Gasteiger partial charge in [-0.3, -0.25) is 9.78 Å². The second-order valence-electron chi connectivity index (χ2n) is 7.46. The lowest BCUT2D eigenvalue weighted by atomic mass is 9.99. The molecule has 2 aromatic rings. The van der Waals surface area contributed by atoms with Gasteiger partial charge in [-0.25, -0.2) is 8.42 Å². The third-order valence-electron chi connectivity index (χ3n) is 5.62. The van der Waals surface area contributed by atoms with Crippen LogP contribution in [0.4, 0.5) is 0 Å². The fraction of sp³-hybridized carbons (Fsp3) is 0.429. The number of nitrogens with zero attached hydrogens (tertiary/aromatic N) is 2. The van der Waals surface area contributed by atoms with Crippen molar-refractivity contribution in [2.24, 2.45) is 0 Å². The van der Waals surface area contributed by atoms with Crippen molar-refractivity contribution >= 4 is 15.7 Å². The van der Waals surface area contributed by atoms with Gasteiger partial charge in [0.05, 0.1) is 10.6 Å². The van der Waals surface area contributed by atoms with Crippen LogP contribution in [-0.2, 0) is 14.6 Å². The number of carbonyl (C=O) groups is 1. The maximum absolute atomic E-state index is 12.8. The van der Waals surface area contributed by atoms with Crippen molar-refractivity contribution in [3.8, 4) is 5.75 Å². The molecule has 1 aromatic heterocycles. The molecule has 2 unspecified atom stereocenters. The Morgan fingerprint density at radius 3 is 2.32 bits per heavy atom. The van der Waals surface area contributed by atoms with E-state index in [1.165, 1.54) is 0 Å². The molecule has 1 aromatic carbocycles. The fourth-order valence-corrected chi connectivity index (χ4v) is 5.59. The molecule has 0 radical (unpaired) electrons. The Labute approximate surface area is 165 Å². The van der Waals surface area contributed by atoms with Gasteiger partial charge in [0.25, 0.3) is 0 Å². The Kier molecular flexibility index (Phi) is 5.35. The van der Waals surface area contributed by atoms with Gasteiger partial charge in [0.1, 0.15) is 11.9 Å². The summed E-state index contributed by atoms with van der Waals surface area (Å²) in [5.74, 6) is 0.588. The summed E-state index contributed by atoms with van der Waals surface area (Å²) >= 11 is 0. The summed E-state index contributed by atoms with van der Waals surface area (Å²) in [4.78, 5) is 19.0. The number of aromatic nitrogens is 1. The number of hydrogen-bond donors (Lipinski definition) is 0. The summed E-state index contributed by atoms with van der Waals surface area (Å²) in [6.45, 7) is 0. The third-order valence-corrected chi connectivity index (χ3v) is 7.35. The summed E-state index contributed by atoms with van der Waals surface area (Å²) in [6, 6.07) is 12.3. The summed E-state index contributed by atoms with van der Waals surface area (Å²) in [5.41, 5.74) is 0. The Hall–Kier alpha value is -2.41. The SMILES string of the molecule is O=C(CCS(=O)(=O)c1ccccc1)N1C2CCC1CC(Oc1ccncc1)C2. The van der Waals surface area contributed by atoms with Crippen molar-refractivity contribution < 1.29 is 17.9 Å². The number of benzene rings is 1. The zero-order valence-electron chi connectivity index (χ0n) is 15.6. The van der Waals surface area contributed by atoms with Crippen molar-refractivity contribution in [2.75, 3.05) is 5.75 Å². The highest BCUT2D eigenvalue weighted by Crippen LogP contribution is 2.37. The molecule has 2 fully saturated rings. The number of ether oxygens (including phenoxy) is 1. The van der Waals surface area contributed by atoms with Crippen LogP contribution in [0.15, 0.2) is 59.8 Å². The van der Waals surface area contributed by atoms with Gasteiger partial charge in [-0.15, -0.1) is 0 Å². The van der Waals surface area contributed by atoms with Crippen LogP contribution in [-0.4, -0.2) is 48.1 Å². The van der Waals surface area contributed by atoms with Crippen LogP contribution >= 0.6 is 0 Å². The minimum absolute atomic E-state index is 0.0279. The van der Waals surface area contributed by atoms with Gasteiger partial charge in [-0.2, -0.15) is 0 Å². The molecule has 28 heavy (non-hydrogen) atoms. The van der Waals surface area contributed by atoms with Crippen molar-refractivity contribution in [2.45, 2.75) is 55.2 Å². The van der Waals surface area contributed by atoms with Crippen molar-refractivity contribution in [1.82, 2.24) is 9.88 Å². The number of carbonyl (C=O) groups excluding carboxylic acids is 1. The van der Waals surface area contributed by atoms with Crippen molar-refractivity contribution in [3.05, 3.63) is 54.9 Å². The van der Waals surface area contributed by atoms with Gasteiger partial charge >= 0.3 is 0 Å². The molecule has 2 saturated heterocycles. The first-order valence-corrected chi connectivity index (χ1v) is 11.3. The molecule has 0 aliphatic carbocycles. The topological polar surface area (TPSA) is 76.6 Å². The lowest BCUT2D eigenvalue weighted by Crippen LogP contribution is -2.49. The number of amides is 1. The van der Waals surface area contributed by atoms with Gasteiger partial charge in [0.2, 0.25) is 5.91 Å². The first-order valence-electron chi connectivity index (χ1n) is 9.68. The number of rotatable bonds is 6. The molecule has 6 nitrogen and oxygen atoms in total. The maximum Gasteiger partial charge on any atom is 0.224 e. The zero-order chi connectivity index (χ0) is 19.6. The third kappa shape index (κ3) is 4.04. The van der Waals surface area contributed by atoms with E-state index < -0.39 is 9.84 Å². The van der Waals surface area contributed by atoms with Gasteiger partial charge < -0.3 is 9.64 Å². The van der Waals surface area contributed by atoms with Gasteiger partial charge in [0.15, 0.2) is 9.84 Å². The number of piperidine rings is 1. The quantitative estimate of drug-likeness (QED) is 0.745. The molecule has 0 saturated carbocycles. The van der Waals surface area contributed by atoms with E-state index in [-0.39, 0.29) is 41.2 Å². The van der Waals surface area contributed by atoms with E-state index in [2.05, 4.69) is 4.98 Å². The Bertz CT molecular complexity index is 904. The van der Waals surface area contributed by atoms with Gasteiger partial charge in [-0.05, 0) is 37.1 Å². The van der Waals surface area contributed by atoms with E-state index >= 15 is 0 Å². The van der Waals surface area contributed by atoms with Crippen molar-refractivity contribution in [1.29, 1.82) is 0 Å². The largest absolute Gasteiger partial charge is 0.490 e. The number of sulfone groups is 1. The molecule has 0 spiro atoms. The molecule has 3 heterocycles. The second-order valence-corrected chi connectivity index (χ2v) is 9.57. The van der Waals surface area contributed by atoms with Crippen LogP contribution < -0.4 is 4.74 Å². The average molecular weight is 401 g/mol. The number of hydrogen-bond acceptors (Lipinski definition) is 5. The van der Waals surface area contributed by atoms with E-state index in [0.29, 0.717) is 0 Å². The fourth-order valence-electron chi connectivity index (χ4n) is 4.34. The standard InChI is InChI=1S/C21H24N2O4S/c24-21(10-13-28(25,26)20-4-2-1-3-5-20)23-16-6-7-17(23)15-19(14-16)27-18-8-11-22-12-9-18/h1-5,8-9,11-12,16-17,19H,6-7,10,13-15H2. The number of fused-ring (bicyclic) bond motifs is 2. The molecular weight excluding hydrogens is 376 g/mol. The van der Waals surface area contributed by atoms with Crippen molar-refractivity contribution in [3.63, 3.8) is 0 Å². The summed E-state index contributed by atoms with van der Waals surface area (Å²) in [7, 11) is -3.44. The molecule has 0 N–H and O–H groups in total. The molecule has 2 atom stereocenters. The van der Waals surface area contributed by atoms with E-state index in [9.17, 15) is 13.2 Å². The normalized spacial score (nSPS) is 24.1. The van der Waals surface area contributed by atoms with E-state index in [1.54, 1.807) is 42.7 Å². The number of pyridine rings is 1. The van der Waals surface area contributed by atoms with Crippen LogP contribution in [0.25, 0.3) is 0 Å². The second kappa shape index (κ2) is 7.91. The van der Waals surface area contributed by atoms with E-state index in [1.807, 2.05) is 17.0 Å². The summed E-state index contributed by atoms with van der Waals surface area (Å²) in [6.07, 6.45) is 7.00. The lowest BCUT2D eigenvalue weighted by molar-refractivity contribution is -0.136. The minimum Gasteiger partial charge on any atom is -0.490 e. The smallest absolute Gasteiger partial charge is 0.224 e. The van der Waals surface area contributed by atoms with Crippen LogP contribution in [0, 0.1) is 0 Å². The van der Waals surface area contributed by atoms with Gasteiger partial charge in [-0.1, -0.05) is 18.2 Å². The molecule has 2 aliphatic rings. The highest BCUT2D eigenvalue weighted by molar-refractivity contribution is 7.91. The maximum atomic E-state index is 12.8. The monoisotopic (exact) mass is 400 g/mol. The molecule has 148 valence electrons. The zero-order valence-corrected chi connectivity index (χ0v) is 16.4. The Balaban J connectivity index is 1.36.